The third kappa shape index (κ3) is 3.19. The molecule has 0 saturated heterocycles. The van der Waals surface area contributed by atoms with Crippen LogP contribution in [0.25, 0.3) is 33.2 Å². The molecule has 0 bridgehead atoms. The van der Waals surface area contributed by atoms with Gasteiger partial charge in [-0.15, -0.1) is 0 Å². The number of hydrogen-bond acceptors (Lipinski definition) is 5. The van der Waals surface area contributed by atoms with Crippen LogP contribution in [-0.4, -0.2) is 19.3 Å². The fourth-order valence-electron chi connectivity index (χ4n) is 3.42. The summed E-state index contributed by atoms with van der Waals surface area (Å²) in [6.45, 7) is 0. The maximum Gasteiger partial charge on any atom is 0.344 e. The average molecular weight is 409 g/mol. The van der Waals surface area contributed by atoms with Crippen LogP contribution in [-0.2, 0) is 0 Å². The van der Waals surface area contributed by atoms with Gasteiger partial charge in [-0.25, -0.2) is 4.79 Å². The Labute approximate surface area is 171 Å². The number of aromatic hydroxyl groups is 1. The van der Waals surface area contributed by atoms with Crippen LogP contribution in [0.4, 0.5) is 0 Å². The van der Waals surface area contributed by atoms with Crippen molar-refractivity contribution in [3.8, 4) is 39.5 Å². The molecule has 0 fully saturated rings. The third-order valence-corrected chi connectivity index (χ3v) is 5.08. The number of benzene rings is 3. The molecule has 0 atom stereocenters. The van der Waals surface area contributed by atoms with E-state index in [9.17, 15) is 9.90 Å². The number of rotatable bonds is 4. The second-order valence-corrected chi connectivity index (χ2v) is 6.73. The molecular formula is C23H17ClO5. The van der Waals surface area contributed by atoms with Crippen molar-refractivity contribution in [1.29, 1.82) is 0 Å². The Morgan fingerprint density at radius 2 is 1.69 bits per heavy atom. The van der Waals surface area contributed by atoms with Gasteiger partial charge in [-0.05, 0) is 29.8 Å². The standard InChI is InChI=1S/C23H17ClO5/c1-27-17-11-10-16(21(24)22(17)28-2)20-19(13-6-4-3-5-7-13)15-9-8-14(25)12-18(15)29-23(20)26/h3-12,25H,1-2H3. The van der Waals surface area contributed by atoms with Crippen molar-refractivity contribution in [3.05, 3.63) is 76.1 Å². The summed E-state index contributed by atoms with van der Waals surface area (Å²) in [6, 6.07) is 17.5. The van der Waals surface area contributed by atoms with Crippen LogP contribution in [0.3, 0.4) is 0 Å². The zero-order valence-electron chi connectivity index (χ0n) is 15.7. The van der Waals surface area contributed by atoms with Gasteiger partial charge in [-0.3, -0.25) is 0 Å². The van der Waals surface area contributed by atoms with E-state index in [1.807, 2.05) is 30.3 Å². The Morgan fingerprint density at radius 3 is 2.38 bits per heavy atom. The van der Waals surface area contributed by atoms with Crippen LogP contribution >= 0.6 is 11.6 Å². The number of methoxy groups -OCH3 is 2. The third-order valence-electron chi connectivity index (χ3n) is 4.71. The molecule has 5 nitrogen and oxygen atoms in total. The number of ether oxygens (including phenoxy) is 2. The van der Waals surface area contributed by atoms with E-state index in [0.717, 1.165) is 5.56 Å². The summed E-state index contributed by atoms with van der Waals surface area (Å²) in [5.74, 6) is 0.796. The van der Waals surface area contributed by atoms with Gasteiger partial charge in [0.2, 0.25) is 0 Å². The molecule has 0 aliphatic rings. The zero-order valence-corrected chi connectivity index (χ0v) is 16.5. The van der Waals surface area contributed by atoms with Crippen molar-refractivity contribution in [2.24, 2.45) is 0 Å². The summed E-state index contributed by atoms with van der Waals surface area (Å²) in [6.07, 6.45) is 0. The molecule has 29 heavy (non-hydrogen) atoms. The molecular weight excluding hydrogens is 392 g/mol. The summed E-state index contributed by atoms with van der Waals surface area (Å²) in [7, 11) is 3.00. The first-order valence-electron chi connectivity index (χ1n) is 8.81. The maximum absolute atomic E-state index is 13.1. The molecule has 0 aliphatic carbocycles. The first-order chi connectivity index (χ1) is 14.0. The van der Waals surface area contributed by atoms with Gasteiger partial charge in [0.25, 0.3) is 0 Å². The van der Waals surface area contributed by atoms with Crippen LogP contribution in [0.2, 0.25) is 5.02 Å². The lowest BCUT2D eigenvalue weighted by Crippen LogP contribution is -2.07. The predicted octanol–water partition coefficient (Wildman–Crippen LogP) is 5.50. The smallest absolute Gasteiger partial charge is 0.344 e. The molecule has 4 aromatic rings. The van der Waals surface area contributed by atoms with E-state index in [1.165, 1.54) is 20.3 Å². The summed E-state index contributed by atoms with van der Waals surface area (Å²) in [4.78, 5) is 13.1. The van der Waals surface area contributed by atoms with Crippen molar-refractivity contribution < 1.29 is 19.0 Å². The molecule has 6 heteroatoms. The normalized spacial score (nSPS) is 10.9. The van der Waals surface area contributed by atoms with Crippen molar-refractivity contribution in [2.45, 2.75) is 0 Å². The lowest BCUT2D eigenvalue weighted by molar-refractivity contribution is 0.355. The Balaban J connectivity index is 2.15. The molecule has 1 heterocycles. The summed E-state index contributed by atoms with van der Waals surface area (Å²) >= 11 is 6.61. The molecule has 0 unspecified atom stereocenters. The monoisotopic (exact) mass is 408 g/mol. The molecule has 0 saturated carbocycles. The van der Waals surface area contributed by atoms with Gasteiger partial charge in [0.15, 0.2) is 11.5 Å². The van der Waals surface area contributed by atoms with E-state index >= 15 is 0 Å². The van der Waals surface area contributed by atoms with E-state index in [1.54, 1.807) is 24.3 Å². The fraction of sp³-hybridized carbons (Fsp3) is 0.0870. The van der Waals surface area contributed by atoms with Crippen LogP contribution in [0.5, 0.6) is 17.2 Å². The van der Waals surface area contributed by atoms with Gasteiger partial charge in [0.05, 0.1) is 24.8 Å². The highest BCUT2D eigenvalue weighted by Gasteiger charge is 2.23. The zero-order chi connectivity index (χ0) is 20.5. The van der Waals surface area contributed by atoms with Crippen molar-refractivity contribution >= 4 is 22.6 Å². The number of phenols is 1. The highest BCUT2D eigenvalue weighted by atomic mass is 35.5. The number of fused-ring (bicyclic) bond motifs is 1. The number of phenolic OH excluding ortho intramolecular Hbond substituents is 1. The fourth-order valence-corrected chi connectivity index (χ4v) is 3.75. The second-order valence-electron chi connectivity index (χ2n) is 6.35. The van der Waals surface area contributed by atoms with E-state index in [4.69, 9.17) is 25.5 Å². The van der Waals surface area contributed by atoms with Gasteiger partial charge in [0, 0.05) is 22.6 Å². The molecule has 4 rings (SSSR count). The highest BCUT2D eigenvalue weighted by molar-refractivity contribution is 6.35. The molecule has 3 aromatic carbocycles. The molecule has 1 N–H and O–H groups in total. The van der Waals surface area contributed by atoms with Crippen molar-refractivity contribution in [2.75, 3.05) is 14.2 Å². The predicted molar refractivity (Wildman–Crippen MR) is 113 cm³/mol. The van der Waals surface area contributed by atoms with E-state index in [2.05, 4.69) is 0 Å². The maximum atomic E-state index is 13.1. The lowest BCUT2D eigenvalue weighted by Gasteiger charge is -2.16. The minimum absolute atomic E-state index is 0.0107. The highest BCUT2D eigenvalue weighted by Crippen LogP contribution is 2.45. The van der Waals surface area contributed by atoms with Gasteiger partial charge in [-0.2, -0.15) is 0 Å². The first kappa shape index (κ1) is 18.9. The molecule has 0 amide bonds. The second kappa shape index (κ2) is 7.53. The minimum atomic E-state index is -0.573. The van der Waals surface area contributed by atoms with Crippen LogP contribution in [0.15, 0.2) is 69.9 Å². The number of halogens is 1. The van der Waals surface area contributed by atoms with E-state index in [0.29, 0.717) is 33.6 Å². The van der Waals surface area contributed by atoms with Gasteiger partial charge in [-0.1, -0.05) is 41.9 Å². The van der Waals surface area contributed by atoms with Crippen molar-refractivity contribution in [3.63, 3.8) is 0 Å². The molecule has 1 aromatic heterocycles. The summed E-state index contributed by atoms with van der Waals surface area (Å²) in [5, 5.41) is 10.7. The Morgan fingerprint density at radius 1 is 0.931 bits per heavy atom. The van der Waals surface area contributed by atoms with E-state index < -0.39 is 5.63 Å². The molecule has 146 valence electrons. The van der Waals surface area contributed by atoms with Gasteiger partial charge >= 0.3 is 5.63 Å². The van der Waals surface area contributed by atoms with Gasteiger partial charge in [0.1, 0.15) is 11.3 Å². The Kier molecular flexibility index (Phi) is 4.91. The quantitative estimate of drug-likeness (QED) is 0.451. The van der Waals surface area contributed by atoms with Crippen LogP contribution in [0.1, 0.15) is 0 Å². The average Bonchev–Trinajstić information content (AvgIpc) is 2.73. The largest absolute Gasteiger partial charge is 0.508 e. The topological polar surface area (TPSA) is 68.9 Å². The minimum Gasteiger partial charge on any atom is -0.508 e. The SMILES string of the molecule is COc1ccc(-c2c(-c3ccccc3)c3ccc(O)cc3oc2=O)c(Cl)c1OC. The lowest BCUT2D eigenvalue weighted by atomic mass is 9.92. The van der Waals surface area contributed by atoms with Gasteiger partial charge < -0.3 is 19.0 Å². The molecule has 0 spiro atoms. The Bertz CT molecular complexity index is 1260. The molecule has 0 radical (unpaired) electrons. The Hall–Kier alpha value is -3.44. The summed E-state index contributed by atoms with van der Waals surface area (Å²) in [5.41, 5.74) is 1.96. The van der Waals surface area contributed by atoms with Crippen molar-refractivity contribution in [1.82, 2.24) is 0 Å². The van der Waals surface area contributed by atoms with Crippen LogP contribution in [0, 0.1) is 0 Å². The number of hydrogen-bond donors (Lipinski definition) is 1. The summed E-state index contributed by atoms with van der Waals surface area (Å²) < 4.78 is 16.2. The van der Waals surface area contributed by atoms with E-state index in [-0.39, 0.29) is 16.4 Å². The first-order valence-corrected chi connectivity index (χ1v) is 9.19. The van der Waals surface area contributed by atoms with Crippen LogP contribution < -0.4 is 15.1 Å². The molecule has 0 aliphatic heterocycles.